The Labute approximate surface area is 154 Å². The number of benzene rings is 2. The van der Waals surface area contributed by atoms with Crippen molar-refractivity contribution < 1.29 is 13.5 Å². The molecular formula is C19H19N3O3S. The molecule has 1 amide bonds. The van der Waals surface area contributed by atoms with Gasteiger partial charge in [-0.3, -0.25) is 9.00 Å². The van der Waals surface area contributed by atoms with Gasteiger partial charge in [0.25, 0.3) is 0 Å². The molecule has 0 saturated heterocycles. The van der Waals surface area contributed by atoms with E-state index in [0.717, 1.165) is 16.7 Å². The number of aromatic nitrogens is 2. The van der Waals surface area contributed by atoms with Crippen LogP contribution in [0.4, 0.5) is 0 Å². The molecule has 0 aliphatic rings. The van der Waals surface area contributed by atoms with Gasteiger partial charge in [-0.2, -0.15) is 4.98 Å². The Bertz CT molecular complexity index is 892. The van der Waals surface area contributed by atoms with Crippen LogP contribution in [0.1, 0.15) is 17.0 Å². The van der Waals surface area contributed by atoms with Crippen molar-refractivity contribution in [2.75, 3.05) is 5.75 Å². The molecule has 1 heterocycles. The Morgan fingerprint density at radius 3 is 2.58 bits per heavy atom. The molecular weight excluding hydrogens is 350 g/mol. The molecule has 2 aromatic carbocycles. The lowest BCUT2D eigenvalue weighted by Gasteiger charge is -2.04. The molecule has 7 heteroatoms. The minimum absolute atomic E-state index is 0.0532. The molecule has 3 rings (SSSR count). The maximum atomic E-state index is 12.1. The second-order valence-electron chi connectivity index (χ2n) is 5.87. The second-order valence-corrected chi connectivity index (χ2v) is 7.33. The lowest BCUT2D eigenvalue weighted by molar-refractivity contribution is -0.118. The van der Waals surface area contributed by atoms with Crippen LogP contribution < -0.4 is 5.32 Å². The fraction of sp³-hybridized carbons (Fsp3) is 0.211. The molecule has 3 aromatic rings. The van der Waals surface area contributed by atoms with E-state index in [1.54, 1.807) is 0 Å². The zero-order valence-electron chi connectivity index (χ0n) is 14.3. The third kappa shape index (κ3) is 5.10. The summed E-state index contributed by atoms with van der Waals surface area (Å²) in [5, 5.41) is 6.66. The van der Waals surface area contributed by atoms with Crippen molar-refractivity contribution >= 4 is 16.7 Å². The van der Waals surface area contributed by atoms with E-state index in [-0.39, 0.29) is 23.3 Å². The van der Waals surface area contributed by atoms with Crippen LogP contribution in [0.15, 0.2) is 59.1 Å². The van der Waals surface area contributed by atoms with E-state index in [1.807, 2.05) is 61.5 Å². The number of nitrogens with zero attached hydrogens (tertiary/aromatic N) is 2. The van der Waals surface area contributed by atoms with E-state index in [9.17, 15) is 9.00 Å². The summed E-state index contributed by atoms with van der Waals surface area (Å²) in [4.78, 5) is 16.2. The Balaban J connectivity index is 1.50. The van der Waals surface area contributed by atoms with Gasteiger partial charge in [0.05, 0.1) is 0 Å². The summed E-state index contributed by atoms with van der Waals surface area (Å²) in [5.41, 5.74) is 2.96. The molecule has 1 unspecified atom stereocenters. The summed E-state index contributed by atoms with van der Waals surface area (Å²) in [6.45, 7) is 2.41. The van der Waals surface area contributed by atoms with Crippen molar-refractivity contribution in [3.8, 4) is 11.4 Å². The first-order valence-corrected chi connectivity index (χ1v) is 9.64. The lowest BCUT2D eigenvalue weighted by Crippen LogP contribution is -2.28. The Hall–Kier alpha value is -2.80. The smallest absolute Gasteiger partial charge is 0.239 e. The van der Waals surface area contributed by atoms with Gasteiger partial charge in [-0.05, 0) is 12.5 Å². The maximum Gasteiger partial charge on any atom is 0.239 e. The van der Waals surface area contributed by atoms with Gasteiger partial charge in [0.2, 0.25) is 17.6 Å². The van der Waals surface area contributed by atoms with Crippen LogP contribution in [0.5, 0.6) is 0 Å². The summed E-state index contributed by atoms with van der Waals surface area (Å²) >= 11 is 0. The van der Waals surface area contributed by atoms with Gasteiger partial charge in [0.15, 0.2) is 0 Å². The highest BCUT2D eigenvalue weighted by molar-refractivity contribution is 7.84. The molecule has 0 aliphatic carbocycles. The third-order valence-electron chi connectivity index (χ3n) is 3.69. The Morgan fingerprint density at radius 1 is 1.12 bits per heavy atom. The number of amides is 1. The van der Waals surface area contributed by atoms with Gasteiger partial charge >= 0.3 is 0 Å². The standard InChI is InChI=1S/C19H19N3O3S/c1-14-7-9-16(10-8-14)19-21-18(25-22-19)13-26(24)12-17(23)20-11-15-5-3-2-4-6-15/h2-10H,11-13H2,1H3,(H,20,23). The number of carbonyl (C=O) groups is 1. The van der Waals surface area contributed by atoms with E-state index < -0.39 is 10.8 Å². The number of rotatable bonds is 7. The van der Waals surface area contributed by atoms with Crippen LogP contribution in [-0.4, -0.2) is 26.0 Å². The summed E-state index contributed by atoms with van der Waals surface area (Å²) in [5.74, 6) is 0.387. The summed E-state index contributed by atoms with van der Waals surface area (Å²) in [6, 6.07) is 17.3. The second kappa shape index (κ2) is 8.53. The van der Waals surface area contributed by atoms with Gasteiger partial charge in [-0.25, -0.2) is 0 Å². The van der Waals surface area contributed by atoms with E-state index in [4.69, 9.17) is 4.52 Å². The predicted octanol–water partition coefficient (Wildman–Crippen LogP) is 2.61. The van der Waals surface area contributed by atoms with Crippen LogP contribution in [0, 0.1) is 6.92 Å². The SMILES string of the molecule is Cc1ccc(-c2noc(CS(=O)CC(=O)NCc3ccccc3)n2)cc1. The molecule has 1 N–H and O–H groups in total. The normalized spacial score (nSPS) is 11.9. The highest BCUT2D eigenvalue weighted by atomic mass is 32.2. The van der Waals surface area contributed by atoms with Crippen LogP contribution in [0.25, 0.3) is 11.4 Å². The van der Waals surface area contributed by atoms with Crippen molar-refractivity contribution in [1.29, 1.82) is 0 Å². The molecule has 0 saturated carbocycles. The highest BCUT2D eigenvalue weighted by Crippen LogP contribution is 2.16. The van der Waals surface area contributed by atoms with Gasteiger partial charge in [0.1, 0.15) is 11.5 Å². The van der Waals surface area contributed by atoms with Crippen molar-refractivity contribution in [1.82, 2.24) is 15.5 Å². The molecule has 26 heavy (non-hydrogen) atoms. The average Bonchev–Trinajstić information content (AvgIpc) is 3.09. The zero-order chi connectivity index (χ0) is 18.4. The van der Waals surface area contributed by atoms with E-state index in [1.165, 1.54) is 0 Å². The fourth-order valence-electron chi connectivity index (χ4n) is 2.32. The first-order valence-electron chi connectivity index (χ1n) is 8.15. The molecule has 0 bridgehead atoms. The largest absolute Gasteiger partial charge is 0.351 e. The number of nitrogens with one attached hydrogen (secondary N) is 1. The quantitative estimate of drug-likeness (QED) is 0.692. The van der Waals surface area contributed by atoms with Crippen molar-refractivity contribution in [2.45, 2.75) is 19.2 Å². The van der Waals surface area contributed by atoms with Gasteiger partial charge in [0, 0.05) is 22.9 Å². The number of hydrogen-bond acceptors (Lipinski definition) is 5. The molecule has 0 aliphatic heterocycles. The number of hydrogen-bond donors (Lipinski definition) is 1. The maximum absolute atomic E-state index is 12.1. The van der Waals surface area contributed by atoms with Gasteiger partial charge < -0.3 is 9.84 Å². The number of aryl methyl sites for hydroxylation is 1. The first-order chi connectivity index (χ1) is 12.6. The molecule has 6 nitrogen and oxygen atoms in total. The average molecular weight is 369 g/mol. The monoisotopic (exact) mass is 369 g/mol. The van der Waals surface area contributed by atoms with Crippen LogP contribution >= 0.6 is 0 Å². The molecule has 0 spiro atoms. The van der Waals surface area contributed by atoms with Gasteiger partial charge in [-0.15, -0.1) is 0 Å². The van der Waals surface area contributed by atoms with Crippen molar-refractivity contribution in [3.05, 3.63) is 71.6 Å². The lowest BCUT2D eigenvalue weighted by atomic mass is 10.1. The third-order valence-corrected chi connectivity index (χ3v) is 4.84. The first kappa shape index (κ1) is 18.0. The van der Waals surface area contributed by atoms with Gasteiger partial charge in [-0.1, -0.05) is 65.3 Å². The summed E-state index contributed by atoms with van der Waals surface area (Å²) in [7, 11) is -1.41. The zero-order valence-corrected chi connectivity index (χ0v) is 15.2. The molecule has 1 atom stereocenters. The fourth-order valence-corrected chi connectivity index (χ4v) is 3.21. The van der Waals surface area contributed by atoms with Crippen molar-refractivity contribution in [3.63, 3.8) is 0 Å². The van der Waals surface area contributed by atoms with Crippen LogP contribution in [0.2, 0.25) is 0 Å². The molecule has 0 radical (unpaired) electrons. The topological polar surface area (TPSA) is 85.1 Å². The summed E-state index contributed by atoms with van der Waals surface area (Å²) < 4.78 is 17.3. The molecule has 134 valence electrons. The minimum atomic E-state index is -1.41. The highest BCUT2D eigenvalue weighted by Gasteiger charge is 2.14. The minimum Gasteiger partial charge on any atom is -0.351 e. The summed E-state index contributed by atoms with van der Waals surface area (Å²) in [6.07, 6.45) is 0. The van der Waals surface area contributed by atoms with E-state index in [2.05, 4.69) is 15.5 Å². The van der Waals surface area contributed by atoms with E-state index in [0.29, 0.717) is 12.4 Å². The van der Waals surface area contributed by atoms with Crippen LogP contribution in [-0.2, 0) is 27.9 Å². The number of carbonyl (C=O) groups excluding carboxylic acids is 1. The predicted molar refractivity (Wildman–Crippen MR) is 99.5 cm³/mol. The van der Waals surface area contributed by atoms with E-state index >= 15 is 0 Å². The Morgan fingerprint density at radius 2 is 1.85 bits per heavy atom. The van der Waals surface area contributed by atoms with Crippen molar-refractivity contribution in [2.24, 2.45) is 0 Å². The molecule has 1 aromatic heterocycles. The Kier molecular flexibility index (Phi) is 5.91. The van der Waals surface area contributed by atoms with Crippen LogP contribution in [0.3, 0.4) is 0 Å². The molecule has 0 fully saturated rings.